The van der Waals surface area contributed by atoms with Crippen molar-refractivity contribution in [3.63, 3.8) is 0 Å². The molecule has 0 N–H and O–H groups in total. The molecule has 0 aromatic heterocycles. The summed E-state index contributed by atoms with van der Waals surface area (Å²) in [5, 5.41) is 0. The van der Waals surface area contributed by atoms with Crippen molar-refractivity contribution >= 4 is 69.1 Å². The van der Waals surface area contributed by atoms with Crippen LogP contribution in [-0.4, -0.2) is 74.8 Å². The van der Waals surface area contributed by atoms with Gasteiger partial charge in [0.15, 0.2) is 0 Å². The molecule has 6 nitrogen and oxygen atoms in total. The minimum Gasteiger partial charge on any atom is -0.744 e. The molecule has 2 aromatic rings. The van der Waals surface area contributed by atoms with Crippen LogP contribution in [-0.2, 0) is 33.1 Å². The van der Waals surface area contributed by atoms with Crippen LogP contribution in [0.3, 0.4) is 0 Å². The van der Waals surface area contributed by atoms with E-state index in [-0.39, 0.29) is 58.7 Å². The molecule has 0 amide bonds. The molecular formula is C94H174BaO6S2. The van der Waals surface area contributed by atoms with Crippen LogP contribution in [0.5, 0.6) is 0 Å². The molecule has 0 unspecified atom stereocenters. The number of unbranched alkanes of at least 4 members (excludes halogenated alkanes) is 76. The van der Waals surface area contributed by atoms with E-state index in [0.717, 1.165) is 25.7 Å². The zero-order valence-electron chi connectivity index (χ0n) is 69.2. The van der Waals surface area contributed by atoms with Crippen molar-refractivity contribution in [3.05, 3.63) is 59.7 Å². The van der Waals surface area contributed by atoms with E-state index < -0.39 is 20.2 Å². The summed E-state index contributed by atoms with van der Waals surface area (Å²) in [5.74, 6) is 0. The molecule has 0 radical (unpaired) electrons. The van der Waals surface area contributed by atoms with Gasteiger partial charge in [0.2, 0.25) is 0 Å². The van der Waals surface area contributed by atoms with Gasteiger partial charge in [0, 0.05) is 0 Å². The SMILES string of the molecule is CCCCCCCCCCCCCCCCCCCCCCCCCCCCCCCCCCCCCCCCCc1ccccc1S(=O)(=O)[O-].CCCCCCCCCCCCCCCCCCCCCCCCCCCCCCCCCCCCCCCCCc1ccccc1S(=O)(=O)[O-].[Ba+2]. The van der Waals surface area contributed by atoms with Gasteiger partial charge in [0.05, 0.1) is 9.79 Å². The first-order valence-electron chi connectivity index (χ1n) is 46.2. The molecule has 0 spiro atoms. The summed E-state index contributed by atoms with van der Waals surface area (Å²) in [6.45, 7) is 4.61. The van der Waals surface area contributed by atoms with Gasteiger partial charge in [-0.05, 0) is 48.9 Å². The van der Waals surface area contributed by atoms with Gasteiger partial charge in [0.1, 0.15) is 20.2 Å². The molecule has 103 heavy (non-hydrogen) atoms. The van der Waals surface area contributed by atoms with E-state index in [1.165, 1.54) is 487 Å². The third kappa shape index (κ3) is 75.6. The molecule has 0 aliphatic heterocycles. The van der Waals surface area contributed by atoms with Crippen LogP contribution in [0.2, 0.25) is 0 Å². The summed E-state index contributed by atoms with van der Waals surface area (Å²) in [6.07, 6.45) is 112. The van der Waals surface area contributed by atoms with Crippen LogP contribution in [0.1, 0.15) is 526 Å². The predicted octanol–water partition coefficient (Wildman–Crippen LogP) is 32.4. The maximum atomic E-state index is 11.4. The molecular weight excluding hydrogens is 1430 g/mol. The second-order valence-electron chi connectivity index (χ2n) is 32.5. The minimum absolute atomic E-state index is 0. The number of rotatable bonds is 82. The monoisotopic (exact) mass is 1600 g/mol. The smallest absolute Gasteiger partial charge is 0.744 e. The van der Waals surface area contributed by atoms with Crippen LogP contribution in [0.4, 0.5) is 0 Å². The van der Waals surface area contributed by atoms with Gasteiger partial charge in [-0.25, -0.2) is 16.8 Å². The third-order valence-corrected chi connectivity index (χ3v) is 24.5. The Morgan fingerprint density at radius 1 is 0.184 bits per heavy atom. The molecule has 0 atom stereocenters. The van der Waals surface area contributed by atoms with E-state index in [4.69, 9.17) is 0 Å². The zero-order chi connectivity index (χ0) is 73.5. The van der Waals surface area contributed by atoms with Crippen LogP contribution < -0.4 is 0 Å². The van der Waals surface area contributed by atoms with Crippen molar-refractivity contribution in [2.45, 2.75) is 537 Å². The minimum atomic E-state index is -4.37. The molecule has 0 aliphatic carbocycles. The van der Waals surface area contributed by atoms with E-state index in [1.54, 1.807) is 24.3 Å². The fourth-order valence-corrected chi connectivity index (χ4v) is 17.2. The van der Waals surface area contributed by atoms with E-state index >= 15 is 0 Å². The molecule has 0 saturated heterocycles. The van der Waals surface area contributed by atoms with Crippen LogP contribution in [0.15, 0.2) is 58.3 Å². The average molecular weight is 1600 g/mol. The average Bonchev–Trinajstić information content (AvgIpc) is 0.848. The molecule has 2 aromatic carbocycles. The van der Waals surface area contributed by atoms with Crippen molar-refractivity contribution in [1.82, 2.24) is 0 Å². The second-order valence-corrected chi connectivity index (χ2v) is 35.2. The Morgan fingerprint density at radius 3 is 0.408 bits per heavy atom. The van der Waals surface area contributed by atoms with Gasteiger partial charge in [-0.1, -0.05) is 538 Å². The summed E-state index contributed by atoms with van der Waals surface area (Å²) >= 11 is 0. The first-order valence-corrected chi connectivity index (χ1v) is 49.0. The van der Waals surface area contributed by atoms with Crippen LogP contribution >= 0.6 is 0 Å². The molecule has 0 heterocycles. The van der Waals surface area contributed by atoms with E-state index in [1.807, 2.05) is 12.1 Å². The maximum Gasteiger partial charge on any atom is 2.00 e. The first kappa shape index (κ1) is 103. The van der Waals surface area contributed by atoms with Gasteiger partial charge in [-0.2, -0.15) is 0 Å². The first-order chi connectivity index (χ1) is 50.1. The molecule has 0 bridgehead atoms. The molecule has 600 valence electrons. The second kappa shape index (κ2) is 82.8. The Hall–Kier alpha value is -0.169. The molecule has 9 heteroatoms. The Kier molecular flexibility index (Phi) is 82.6. The van der Waals surface area contributed by atoms with E-state index in [0.29, 0.717) is 24.0 Å². The van der Waals surface area contributed by atoms with Crippen LogP contribution in [0, 0.1) is 0 Å². The van der Waals surface area contributed by atoms with Crippen molar-refractivity contribution in [1.29, 1.82) is 0 Å². The Labute approximate surface area is 685 Å². The summed E-state index contributed by atoms with van der Waals surface area (Å²) in [6, 6.07) is 13.3. The van der Waals surface area contributed by atoms with Gasteiger partial charge in [-0.3, -0.25) is 0 Å². The van der Waals surface area contributed by atoms with Gasteiger partial charge < -0.3 is 9.11 Å². The normalized spacial score (nSPS) is 11.8. The molecule has 2 rings (SSSR count). The number of hydrogen-bond donors (Lipinski definition) is 0. The summed E-state index contributed by atoms with van der Waals surface area (Å²) in [4.78, 5) is -0.0803. The van der Waals surface area contributed by atoms with E-state index in [9.17, 15) is 25.9 Å². The van der Waals surface area contributed by atoms with Gasteiger partial charge in [0.25, 0.3) is 0 Å². The van der Waals surface area contributed by atoms with Crippen molar-refractivity contribution < 1.29 is 25.9 Å². The quantitative estimate of drug-likeness (QED) is 0.0370. The van der Waals surface area contributed by atoms with Gasteiger partial charge >= 0.3 is 48.9 Å². The van der Waals surface area contributed by atoms with E-state index in [2.05, 4.69) is 13.8 Å². The maximum absolute atomic E-state index is 11.4. The Balaban J connectivity index is 0.00000200. The summed E-state index contributed by atoms with van der Waals surface area (Å²) in [5.41, 5.74) is 1.35. The summed E-state index contributed by atoms with van der Waals surface area (Å²) in [7, 11) is -8.74. The third-order valence-electron chi connectivity index (χ3n) is 22.6. The van der Waals surface area contributed by atoms with Gasteiger partial charge in [-0.15, -0.1) is 0 Å². The topological polar surface area (TPSA) is 114 Å². The predicted molar refractivity (Wildman–Crippen MR) is 453 cm³/mol. The fraction of sp³-hybridized carbons (Fsp3) is 0.872. The molecule has 0 aliphatic rings. The molecule has 0 fully saturated rings. The number of benzene rings is 2. The summed E-state index contributed by atoms with van der Waals surface area (Å²) < 4.78 is 68.4. The Morgan fingerprint density at radius 2 is 0.291 bits per heavy atom. The largest absolute Gasteiger partial charge is 2.00 e. The fourth-order valence-electron chi connectivity index (χ4n) is 15.8. The zero-order valence-corrected chi connectivity index (χ0v) is 75.2. The van der Waals surface area contributed by atoms with Crippen molar-refractivity contribution in [2.75, 3.05) is 0 Å². The van der Waals surface area contributed by atoms with Crippen molar-refractivity contribution in [2.24, 2.45) is 0 Å². The van der Waals surface area contributed by atoms with Crippen molar-refractivity contribution in [3.8, 4) is 0 Å². The molecule has 0 saturated carbocycles. The van der Waals surface area contributed by atoms with Crippen LogP contribution in [0.25, 0.3) is 0 Å². The Bertz CT molecular complexity index is 2050. The number of aryl methyl sites for hydroxylation is 2. The number of hydrogen-bond acceptors (Lipinski definition) is 6. The standard InChI is InChI=1S/2C47H88O3S.Ba/c2*1-2-3-4-5-6-7-8-9-10-11-12-13-14-15-16-17-18-19-20-21-22-23-24-25-26-27-28-29-30-31-32-33-34-35-36-37-38-39-40-43-46-44-41-42-45-47(46)51(48,49)50;/h2*41-42,44-45H,2-40,43H2,1H3,(H,48,49,50);/q;;+2/p-2.